The van der Waals surface area contributed by atoms with Gasteiger partial charge >= 0.3 is 0 Å². The second-order valence-electron chi connectivity index (χ2n) is 5.34. The third-order valence-corrected chi connectivity index (χ3v) is 4.79. The Morgan fingerprint density at radius 1 is 1.47 bits per heavy atom. The number of hydrogen-bond donors (Lipinski definition) is 1. The van der Waals surface area contributed by atoms with Crippen molar-refractivity contribution >= 4 is 10.8 Å². The first-order valence-electron chi connectivity index (χ1n) is 5.76. The summed E-state index contributed by atoms with van der Waals surface area (Å²) in [6, 6.07) is 5.21. The molecular formula is C13H18FNOS. The predicted molar refractivity (Wildman–Crippen MR) is 69.0 cm³/mol. The predicted octanol–water partition coefficient (Wildman–Crippen LogP) is 2.31. The van der Waals surface area contributed by atoms with Gasteiger partial charge in [-0.3, -0.25) is 4.21 Å². The lowest BCUT2D eigenvalue weighted by atomic mass is 10.0. The lowest BCUT2D eigenvalue weighted by molar-refractivity contribution is 0.368. The Morgan fingerprint density at radius 3 is 2.76 bits per heavy atom. The number of nitrogens with one attached hydrogen (secondary N) is 1. The van der Waals surface area contributed by atoms with Gasteiger partial charge in [0.1, 0.15) is 5.82 Å². The lowest BCUT2D eigenvalue weighted by Gasteiger charge is -2.36. The maximum absolute atomic E-state index is 13.5. The summed E-state index contributed by atoms with van der Waals surface area (Å²) in [6.45, 7) is 5.80. The first-order chi connectivity index (χ1) is 7.87. The molecule has 1 saturated heterocycles. The minimum Gasteiger partial charge on any atom is -0.303 e. The van der Waals surface area contributed by atoms with Crippen LogP contribution in [0.4, 0.5) is 4.39 Å². The molecule has 2 atom stereocenters. The van der Waals surface area contributed by atoms with E-state index in [2.05, 4.69) is 5.32 Å². The highest BCUT2D eigenvalue weighted by atomic mass is 32.2. The van der Waals surface area contributed by atoms with Crippen LogP contribution in [0.3, 0.4) is 0 Å². The highest BCUT2D eigenvalue weighted by Gasteiger charge is 2.32. The third kappa shape index (κ3) is 2.93. The van der Waals surface area contributed by atoms with Crippen LogP contribution in [-0.2, 0) is 10.8 Å². The van der Waals surface area contributed by atoms with E-state index in [1.807, 2.05) is 19.9 Å². The highest BCUT2D eigenvalue weighted by Crippen LogP contribution is 2.25. The smallest absolute Gasteiger partial charge is 0.126 e. The van der Waals surface area contributed by atoms with Crippen LogP contribution in [0.25, 0.3) is 0 Å². The zero-order valence-electron chi connectivity index (χ0n) is 10.4. The van der Waals surface area contributed by atoms with Gasteiger partial charge < -0.3 is 5.32 Å². The van der Waals surface area contributed by atoms with E-state index in [-0.39, 0.29) is 17.4 Å². The molecule has 0 radical (unpaired) electrons. The molecule has 2 rings (SSSR count). The molecule has 0 saturated carbocycles. The van der Waals surface area contributed by atoms with Gasteiger partial charge in [0.25, 0.3) is 0 Å². The van der Waals surface area contributed by atoms with E-state index in [0.29, 0.717) is 17.1 Å². The van der Waals surface area contributed by atoms with Crippen LogP contribution >= 0.6 is 0 Å². The summed E-state index contributed by atoms with van der Waals surface area (Å²) in [6.07, 6.45) is 0. The average molecular weight is 255 g/mol. The fourth-order valence-corrected chi connectivity index (χ4v) is 3.86. The molecule has 94 valence electrons. The van der Waals surface area contributed by atoms with Crippen LogP contribution in [0, 0.1) is 12.7 Å². The minimum atomic E-state index is -0.837. The summed E-state index contributed by atoms with van der Waals surface area (Å²) in [5.74, 6) is 1.02. The Labute approximate surface area is 104 Å². The topological polar surface area (TPSA) is 29.1 Å². The molecule has 17 heavy (non-hydrogen) atoms. The molecule has 2 nitrogen and oxygen atoms in total. The molecule has 1 fully saturated rings. The van der Waals surface area contributed by atoms with Crippen molar-refractivity contribution in [1.82, 2.24) is 5.32 Å². The molecule has 0 bridgehead atoms. The van der Waals surface area contributed by atoms with E-state index < -0.39 is 10.8 Å². The molecule has 0 aliphatic carbocycles. The molecule has 1 aliphatic rings. The number of aryl methyl sites for hydroxylation is 1. The van der Waals surface area contributed by atoms with Gasteiger partial charge in [0.2, 0.25) is 0 Å². The van der Waals surface area contributed by atoms with Gasteiger partial charge in [-0.25, -0.2) is 4.39 Å². The van der Waals surface area contributed by atoms with Crippen molar-refractivity contribution in [1.29, 1.82) is 0 Å². The van der Waals surface area contributed by atoms with E-state index in [1.54, 1.807) is 19.1 Å². The average Bonchev–Trinajstić information content (AvgIpc) is 2.19. The van der Waals surface area contributed by atoms with Crippen LogP contribution in [0.1, 0.15) is 31.0 Å². The molecule has 2 unspecified atom stereocenters. The van der Waals surface area contributed by atoms with Gasteiger partial charge in [0.05, 0.1) is 0 Å². The molecule has 1 heterocycles. The zero-order valence-corrected chi connectivity index (χ0v) is 11.2. The van der Waals surface area contributed by atoms with Gasteiger partial charge in [-0.15, -0.1) is 0 Å². The van der Waals surface area contributed by atoms with Crippen molar-refractivity contribution in [2.45, 2.75) is 32.4 Å². The Bertz CT molecular complexity index is 459. The standard InChI is InChI=1S/C13H18FNOS/c1-9-4-5-10(6-11(9)14)12-7-17(16)8-13(2,3)15-12/h4-6,12,15H,7-8H2,1-3H3. The molecule has 1 N–H and O–H groups in total. The summed E-state index contributed by atoms with van der Waals surface area (Å²) in [5, 5.41) is 3.43. The molecule has 0 amide bonds. The van der Waals surface area contributed by atoms with Crippen molar-refractivity contribution in [2.24, 2.45) is 0 Å². The van der Waals surface area contributed by atoms with Crippen molar-refractivity contribution in [3.8, 4) is 0 Å². The fraction of sp³-hybridized carbons (Fsp3) is 0.538. The van der Waals surface area contributed by atoms with Crippen LogP contribution in [0.2, 0.25) is 0 Å². The van der Waals surface area contributed by atoms with Crippen LogP contribution in [0.5, 0.6) is 0 Å². The minimum absolute atomic E-state index is 0.0188. The van der Waals surface area contributed by atoms with Crippen molar-refractivity contribution in [3.05, 3.63) is 35.1 Å². The van der Waals surface area contributed by atoms with Gasteiger partial charge in [0, 0.05) is 33.9 Å². The normalized spacial score (nSPS) is 28.0. The fourth-order valence-electron chi connectivity index (χ4n) is 2.21. The second-order valence-corrected chi connectivity index (χ2v) is 6.84. The number of benzene rings is 1. The summed E-state index contributed by atoms with van der Waals surface area (Å²) >= 11 is 0. The largest absolute Gasteiger partial charge is 0.303 e. The Kier molecular flexibility index (Phi) is 3.36. The van der Waals surface area contributed by atoms with Crippen molar-refractivity contribution in [3.63, 3.8) is 0 Å². The molecule has 1 aromatic carbocycles. The van der Waals surface area contributed by atoms with Crippen molar-refractivity contribution < 1.29 is 8.60 Å². The maximum Gasteiger partial charge on any atom is 0.126 e. The van der Waals surface area contributed by atoms with E-state index in [9.17, 15) is 8.60 Å². The second kappa shape index (κ2) is 4.50. The summed E-state index contributed by atoms with van der Waals surface area (Å²) < 4.78 is 25.3. The number of hydrogen-bond acceptors (Lipinski definition) is 2. The Hall–Kier alpha value is -0.740. The van der Waals surface area contributed by atoms with Gasteiger partial charge in [-0.2, -0.15) is 0 Å². The molecular weight excluding hydrogens is 237 g/mol. The quantitative estimate of drug-likeness (QED) is 0.834. The van der Waals surface area contributed by atoms with E-state index in [0.717, 1.165) is 5.56 Å². The summed E-state index contributed by atoms with van der Waals surface area (Å²) in [4.78, 5) is 0. The summed E-state index contributed by atoms with van der Waals surface area (Å²) in [7, 11) is -0.837. The SMILES string of the molecule is Cc1ccc(C2CS(=O)CC(C)(C)N2)cc1F. The van der Waals surface area contributed by atoms with E-state index >= 15 is 0 Å². The molecule has 0 spiro atoms. The van der Waals surface area contributed by atoms with Gasteiger partial charge in [-0.1, -0.05) is 12.1 Å². The lowest BCUT2D eigenvalue weighted by Crippen LogP contribution is -2.52. The highest BCUT2D eigenvalue weighted by molar-refractivity contribution is 7.85. The maximum atomic E-state index is 13.5. The van der Waals surface area contributed by atoms with Crippen LogP contribution < -0.4 is 5.32 Å². The van der Waals surface area contributed by atoms with Crippen molar-refractivity contribution in [2.75, 3.05) is 11.5 Å². The van der Waals surface area contributed by atoms with Crippen LogP contribution in [0.15, 0.2) is 18.2 Å². The number of rotatable bonds is 1. The van der Waals surface area contributed by atoms with Gasteiger partial charge in [0.15, 0.2) is 0 Å². The Morgan fingerprint density at radius 2 is 2.18 bits per heavy atom. The first-order valence-corrected chi connectivity index (χ1v) is 7.25. The third-order valence-electron chi connectivity index (χ3n) is 3.04. The monoisotopic (exact) mass is 255 g/mol. The first kappa shape index (κ1) is 12.7. The molecule has 4 heteroatoms. The zero-order chi connectivity index (χ0) is 12.6. The Balaban J connectivity index is 2.27. The van der Waals surface area contributed by atoms with Crippen LogP contribution in [-0.4, -0.2) is 21.3 Å². The molecule has 0 aromatic heterocycles. The van der Waals surface area contributed by atoms with Gasteiger partial charge in [-0.05, 0) is 38.0 Å². The molecule has 1 aliphatic heterocycles. The number of halogens is 1. The molecule has 1 aromatic rings. The van der Waals surface area contributed by atoms with E-state index in [1.165, 1.54) is 0 Å². The van der Waals surface area contributed by atoms with E-state index in [4.69, 9.17) is 0 Å². The summed E-state index contributed by atoms with van der Waals surface area (Å²) in [5.41, 5.74) is 1.37.